The lowest BCUT2D eigenvalue weighted by molar-refractivity contribution is 0.282. The second kappa shape index (κ2) is 7.44. The normalized spacial score (nSPS) is 17.9. The van der Waals surface area contributed by atoms with Crippen molar-refractivity contribution in [2.45, 2.75) is 111 Å². The van der Waals surface area contributed by atoms with Crippen molar-refractivity contribution in [3.05, 3.63) is 0 Å². The van der Waals surface area contributed by atoms with Crippen molar-refractivity contribution >= 4 is 21.8 Å². The summed E-state index contributed by atoms with van der Waals surface area (Å²) in [5.74, 6) is 0. The van der Waals surface area contributed by atoms with Gasteiger partial charge in [0, 0.05) is 8.07 Å². The van der Waals surface area contributed by atoms with Gasteiger partial charge >= 0.3 is 0 Å². The summed E-state index contributed by atoms with van der Waals surface area (Å²) in [4.78, 5) is 5.58. The number of rotatable bonds is 7. The van der Waals surface area contributed by atoms with Gasteiger partial charge in [0.05, 0.1) is 0 Å². The lowest BCUT2D eigenvalue weighted by Crippen LogP contribution is -2.73. The minimum atomic E-state index is -1.19. The van der Waals surface area contributed by atoms with Gasteiger partial charge in [-0.15, -0.1) is 0 Å². The molecule has 22 heavy (non-hydrogen) atoms. The van der Waals surface area contributed by atoms with E-state index in [0.29, 0.717) is 24.2 Å². The Morgan fingerprint density at radius 1 is 0.682 bits per heavy atom. The van der Waals surface area contributed by atoms with Crippen molar-refractivity contribution in [1.82, 2.24) is 9.62 Å². The average Bonchev–Trinajstić information content (AvgIpc) is 2.21. The fraction of sp³-hybridized carbons (Fsp3) is 1.00. The highest BCUT2D eigenvalue weighted by Crippen LogP contribution is 2.45. The van der Waals surface area contributed by atoms with E-state index in [1.54, 1.807) is 0 Å². The van der Waals surface area contributed by atoms with Crippen LogP contribution in [0.1, 0.15) is 55.4 Å². The molecule has 0 N–H and O–H groups in total. The summed E-state index contributed by atoms with van der Waals surface area (Å²) in [6.45, 7) is 28.3. The van der Waals surface area contributed by atoms with Crippen LogP contribution in [0.3, 0.4) is 0 Å². The Hall–Kier alpha value is 0.267. The molecule has 1 heterocycles. The predicted molar refractivity (Wildman–Crippen MR) is 108 cm³/mol. The Morgan fingerprint density at radius 2 is 0.955 bits per heavy atom. The third-order valence-corrected chi connectivity index (χ3v) is 8.23. The zero-order valence-electron chi connectivity index (χ0n) is 17.1. The van der Waals surface area contributed by atoms with Crippen molar-refractivity contribution in [3.8, 4) is 0 Å². The van der Waals surface area contributed by atoms with Crippen molar-refractivity contribution in [2.75, 3.05) is 0 Å². The molecule has 0 aromatic heterocycles. The van der Waals surface area contributed by atoms with E-state index in [-0.39, 0.29) is 0 Å². The maximum absolute atomic E-state index is 2.79. The molecule has 1 rings (SSSR count). The van der Waals surface area contributed by atoms with E-state index in [9.17, 15) is 0 Å². The molecule has 1 aliphatic rings. The first-order valence-electron chi connectivity index (χ1n) is 9.44. The van der Waals surface area contributed by atoms with Gasteiger partial charge in [-0.2, -0.15) is 0 Å². The lowest BCUT2D eigenvalue weighted by atomic mass is 9.15. The standard InChI is InChI=1S/C17H40B2N2Si/c1-13(2)20(14(3)4)18-12-19(17(18)22(9,10)11)21(15(5)6)16(7)8/h13-17H,12H2,1-11H3. The molecule has 1 aliphatic heterocycles. The molecule has 0 aromatic carbocycles. The highest BCUT2D eigenvalue weighted by atomic mass is 28.3. The molecular formula is C17H40B2N2Si. The maximum atomic E-state index is 2.79. The van der Waals surface area contributed by atoms with Crippen LogP contribution in [0.4, 0.5) is 0 Å². The van der Waals surface area contributed by atoms with Gasteiger partial charge in [-0.1, -0.05) is 86.6 Å². The van der Waals surface area contributed by atoms with E-state index in [2.05, 4.69) is 84.7 Å². The topological polar surface area (TPSA) is 6.48 Å². The third kappa shape index (κ3) is 4.21. The van der Waals surface area contributed by atoms with Crippen molar-refractivity contribution in [2.24, 2.45) is 0 Å². The Kier molecular flexibility index (Phi) is 6.87. The first-order chi connectivity index (χ1) is 9.89. The smallest absolute Gasteiger partial charge is 0.212 e. The van der Waals surface area contributed by atoms with Crippen LogP contribution < -0.4 is 0 Å². The fourth-order valence-corrected chi connectivity index (χ4v) is 8.02. The van der Waals surface area contributed by atoms with E-state index in [0.717, 1.165) is 19.0 Å². The summed E-state index contributed by atoms with van der Waals surface area (Å²) in [6, 6.07) is 2.60. The monoisotopic (exact) mass is 322 g/mol. The van der Waals surface area contributed by atoms with E-state index < -0.39 is 8.07 Å². The summed E-state index contributed by atoms with van der Waals surface area (Å²) in [5, 5.41) is 0.891. The Balaban J connectivity index is 3.07. The summed E-state index contributed by atoms with van der Waals surface area (Å²) in [6.07, 6.45) is 1.36. The number of hydrogen-bond acceptors (Lipinski definition) is 2. The lowest BCUT2D eigenvalue weighted by Gasteiger charge is -2.58. The molecule has 1 saturated heterocycles. The third-order valence-electron chi connectivity index (χ3n) is 5.46. The van der Waals surface area contributed by atoms with Gasteiger partial charge in [-0.05, 0) is 24.2 Å². The zero-order chi connectivity index (χ0) is 17.4. The second-order valence-electron chi connectivity index (χ2n) is 9.53. The Morgan fingerprint density at radius 3 is 1.14 bits per heavy atom. The van der Waals surface area contributed by atoms with Crippen molar-refractivity contribution < 1.29 is 0 Å². The van der Waals surface area contributed by atoms with Crippen LogP contribution in [0.5, 0.6) is 0 Å². The fourth-order valence-electron chi connectivity index (χ4n) is 5.09. The van der Waals surface area contributed by atoms with Gasteiger partial charge in [0.15, 0.2) is 0 Å². The minimum absolute atomic E-state index is 0.649. The second-order valence-corrected chi connectivity index (χ2v) is 14.9. The highest BCUT2D eigenvalue weighted by Gasteiger charge is 2.58. The van der Waals surface area contributed by atoms with E-state index in [4.69, 9.17) is 0 Å². The first kappa shape index (κ1) is 20.3. The number of nitrogens with zero attached hydrogens (tertiary/aromatic N) is 2. The summed E-state index contributed by atoms with van der Waals surface area (Å²) in [5.41, 5.74) is 0. The first-order valence-corrected chi connectivity index (χ1v) is 13.0. The Labute approximate surface area is 142 Å². The molecule has 0 amide bonds. The largest absolute Gasteiger partial charge is 0.339 e. The molecule has 0 atom stereocenters. The number of hydrogen-bond donors (Lipinski definition) is 0. The van der Waals surface area contributed by atoms with Crippen LogP contribution in [0, 0.1) is 0 Å². The van der Waals surface area contributed by atoms with Crippen LogP contribution in [-0.4, -0.2) is 55.6 Å². The molecule has 2 nitrogen and oxygen atoms in total. The van der Waals surface area contributed by atoms with Crippen molar-refractivity contribution in [3.63, 3.8) is 0 Å². The molecule has 5 heteroatoms. The molecule has 0 aliphatic carbocycles. The van der Waals surface area contributed by atoms with Crippen LogP contribution in [0.25, 0.3) is 0 Å². The molecule has 0 bridgehead atoms. The minimum Gasteiger partial charge on any atom is -0.339 e. The van der Waals surface area contributed by atoms with Gasteiger partial charge in [-0.3, -0.25) is 0 Å². The molecule has 0 aromatic rings. The molecule has 0 saturated carbocycles. The van der Waals surface area contributed by atoms with Crippen LogP contribution in [-0.2, 0) is 0 Å². The average molecular weight is 322 g/mol. The SMILES string of the molecule is CC(C)N(B1CB(N(C(C)C)C(C)C)C1[Si](C)(C)C)C(C)C. The van der Waals surface area contributed by atoms with Gasteiger partial charge in [0.25, 0.3) is 0 Å². The van der Waals surface area contributed by atoms with Crippen LogP contribution in [0.2, 0.25) is 31.2 Å². The molecule has 0 radical (unpaired) electrons. The van der Waals surface area contributed by atoms with Crippen LogP contribution in [0.15, 0.2) is 0 Å². The molecule has 0 spiro atoms. The Bertz CT molecular complexity index is 311. The van der Waals surface area contributed by atoms with Crippen LogP contribution >= 0.6 is 0 Å². The van der Waals surface area contributed by atoms with Gasteiger partial charge < -0.3 is 9.62 Å². The van der Waals surface area contributed by atoms with E-state index in [1.165, 1.54) is 6.22 Å². The molecule has 1 fully saturated rings. The van der Waals surface area contributed by atoms with Gasteiger partial charge in [-0.25, -0.2) is 0 Å². The van der Waals surface area contributed by atoms with E-state index >= 15 is 0 Å². The van der Waals surface area contributed by atoms with Crippen molar-refractivity contribution in [1.29, 1.82) is 0 Å². The maximum Gasteiger partial charge on any atom is 0.212 e. The quantitative estimate of drug-likeness (QED) is 0.635. The molecular weight excluding hydrogens is 282 g/mol. The predicted octanol–water partition coefficient (Wildman–Crippen LogP) is 4.55. The zero-order valence-corrected chi connectivity index (χ0v) is 18.1. The molecule has 128 valence electrons. The van der Waals surface area contributed by atoms with E-state index in [1.807, 2.05) is 0 Å². The summed E-state index contributed by atoms with van der Waals surface area (Å²) in [7, 11) is -1.19. The summed E-state index contributed by atoms with van der Waals surface area (Å²) < 4.78 is 0. The summed E-state index contributed by atoms with van der Waals surface area (Å²) >= 11 is 0. The van der Waals surface area contributed by atoms with Gasteiger partial charge in [0.2, 0.25) is 13.7 Å². The molecule has 0 unspecified atom stereocenters. The van der Waals surface area contributed by atoms with Gasteiger partial charge in [0.1, 0.15) is 0 Å². The highest BCUT2D eigenvalue weighted by molar-refractivity contribution is 7.11.